The van der Waals surface area contributed by atoms with Gasteiger partial charge in [-0.3, -0.25) is 14.7 Å². The van der Waals surface area contributed by atoms with E-state index in [0.717, 1.165) is 63.3 Å². The highest BCUT2D eigenvalue weighted by atomic mass is 127. The van der Waals surface area contributed by atoms with Crippen molar-refractivity contribution >= 4 is 35.8 Å². The summed E-state index contributed by atoms with van der Waals surface area (Å²) in [5.74, 6) is 0.760. The zero-order chi connectivity index (χ0) is 20.7. The third-order valence-electron chi connectivity index (χ3n) is 5.98. The molecule has 1 aromatic carbocycles. The molecule has 0 bridgehead atoms. The minimum atomic E-state index is -0.120. The first kappa shape index (κ1) is 24.8. The highest BCUT2D eigenvalue weighted by molar-refractivity contribution is 14.0. The van der Waals surface area contributed by atoms with Gasteiger partial charge >= 0.3 is 0 Å². The maximum Gasteiger partial charge on any atom is 0.234 e. The Morgan fingerprint density at radius 3 is 2.53 bits per heavy atom. The van der Waals surface area contributed by atoms with Gasteiger partial charge in [0.15, 0.2) is 5.96 Å². The van der Waals surface area contributed by atoms with E-state index in [1.165, 1.54) is 0 Å². The smallest absolute Gasteiger partial charge is 0.234 e. The Hall–Kier alpha value is -1.42. The van der Waals surface area contributed by atoms with E-state index in [2.05, 4.69) is 32.8 Å². The minimum Gasteiger partial charge on any atom is -0.356 e. The van der Waals surface area contributed by atoms with Gasteiger partial charge in [-0.05, 0) is 43.7 Å². The molecule has 30 heavy (non-hydrogen) atoms. The molecule has 1 aromatic rings. The first-order valence-electron chi connectivity index (χ1n) is 10.8. The number of guanidine groups is 1. The van der Waals surface area contributed by atoms with Crippen LogP contribution in [0.25, 0.3) is 0 Å². The molecule has 1 saturated carbocycles. The second kappa shape index (κ2) is 11.8. The quantitative estimate of drug-likeness (QED) is 0.274. The Kier molecular flexibility index (Phi) is 9.80. The fourth-order valence-electron chi connectivity index (χ4n) is 3.98. The fourth-order valence-corrected chi connectivity index (χ4v) is 3.98. The van der Waals surface area contributed by atoms with Crippen molar-refractivity contribution in [1.82, 2.24) is 20.9 Å². The van der Waals surface area contributed by atoms with Crippen molar-refractivity contribution in [3.8, 4) is 0 Å². The molecular weight excluding hydrogens is 496 g/mol. The number of rotatable bonds is 8. The van der Waals surface area contributed by atoms with Gasteiger partial charge in [0.1, 0.15) is 5.82 Å². The first-order valence-corrected chi connectivity index (χ1v) is 10.8. The Morgan fingerprint density at radius 2 is 1.93 bits per heavy atom. The third kappa shape index (κ3) is 6.80. The molecule has 1 saturated heterocycles. The highest BCUT2D eigenvalue weighted by Gasteiger charge is 2.45. The van der Waals surface area contributed by atoms with Gasteiger partial charge in [0, 0.05) is 44.7 Å². The van der Waals surface area contributed by atoms with Crippen LogP contribution in [0.4, 0.5) is 4.39 Å². The average Bonchev–Trinajstić information content (AvgIpc) is 3.52. The summed E-state index contributed by atoms with van der Waals surface area (Å²) < 4.78 is 14.2. The van der Waals surface area contributed by atoms with Crippen LogP contribution in [0.2, 0.25) is 0 Å². The summed E-state index contributed by atoms with van der Waals surface area (Å²) in [5.41, 5.74) is 0.690. The normalized spacial score (nSPS) is 19.0. The van der Waals surface area contributed by atoms with Crippen molar-refractivity contribution in [2.24, 2.45) is 4.99 Å². The molecule has 0 atom stereocenters. The molecule has 0 spiro atoms. The van der Waals surface area contributed by atoms with E-state index in [1.54, 1.807) is 19.2 Å². The van der Waals surface area contributed by atoms with Crippen LogP contribution in [0, 0.1) is 5.82 Å². The van der Waals surface area contributed by atoms with Gasteiger partial charge < -0.3 is 16.0 Å². The second-order valence-electron chi connectivity index (χ2n) is 8.23. The SMILES string of the molecule is CCCNC(=O)CN1CCC(NC(=NC)NCC2(c3ccccc3F)CC2)CC1.I. The average molecular weight is 531 g/mol. The number of aliphatic imine (C=N–C) groups is 1. The lowest BCUT2D eigenvalue weighted by Gasteiger charge is -2.32. The van der Waals surface area contributed by atoms with Gasteiger partial charge in [0.05, 0.1) is 6.54 Å². The number of carbonyl (C=O) groups excluding carboxylic acids is 1. The van der Waals surface area contributed by atoms with Gasteiger partial charge in [0.2, 0.25) is 5.91 Å². The van der Waals surface area contributed by atoms with Gasteiger partial charge in [-0.2, -0.15) is 0 Å². The highest BCUT2D eigenvalue weighted by Crippen LogP contribution is 2.48. The Labute approximate surface area is 196 Å². The van der Waals surface area contributed by atoms with Crippen LogP contribution in [-0.4, -0.2) is 62.6 Å². The molecule has 1 amide bonds. The molecule has 6 nitrogen and oxygen atoms in total. The van der Waals surface area contributed by atoms with Gasteiger partial charge in [-0.25, -0.2) is 4.39 Å². The number of hydrogen-bond acceptors (Lipinski definition) is 3. The lowest BCUT2D eigenvalue weighted by molar-refractivity contribution is -0.122. The van der Waals surface area contributed by atoms with E-state index < -0.39 is 0 Å². The minimum absolute atomic E-state index is 0. The summed E-state index contributed by atoms with van der Waals surface area (Å²) in [6.45, 7) is 5.75. The lowest BCUT2D eigenvalue weighted by atomic mass is 9.95. The Balaban J connectivity index is 0.00000320. The van der Waals surface area contributed by atoms with E-state index in [4.69, 9.17) is 0 Å². The third-order valence-corrected chi connectivity index (χ3v) is 5.98. The molecule has 3 rings (SSSR count). The Bertz CT molecular complexity index is 717. The van der Waals surface area contributed by atoms with Crippen molar-refractivity contribution in [2.75, 3.05) is 39.8 Å². The van der Waals surface area contributed by atoms with E-state index in [-0.39, 0.29) is 41.1 Å². The summed E-state index contributed by atoms with van der Waals surface area (Å²) in [4.78, 5) is 18.4. The van der Waals surface area contributed by atoms with Crippen LogP contribution >= 0.6 is 24.0 Å². The number of hydrogen-bond donors (Lipinski definition) is 3. The van der Waals surface area contributed by atoms with Crippen molar-refractivity contribution < 1.29 is 9.18 Å². The van der Waals surface area contributed by atoms with E-state index >= 15 is 0 Å². The molecule has 8 heteroatoms. The van der Waals surface area contributed by atoms with Crippen molar-refractivity contribution in [3.05, 3.63) is 35.6 Å². The standard InChI is InChI=1S/C22H34FN5O.HI/c1-3-12-25-20(29)15-28-13-8-17(9-14-28)27-21(24-2)26-16-22(10-11-22)18-6-4-5-7-19(18)23;/h4-7,17H,3,8-16H2,1-2H3,(H,25,29)(H2,24,26,27);1H. The predicted molar refractivity (Wildman–Crippen MR) is 130 cm³/mol. The van der Waals surface area contributed by atoms with Gasteiger partial charge in [-0.15, -0.1) is 24.0 Å². The molecule has 2 fully saturated rings. The van der Waals surface area contributed by atoms with Crippen LogP contribution in [-0.2, 0) is 10.2 Å². The van der Waals surface area contributed by atoms with Crippen LogP contribution in [0.5, 0.6) is 0 Å². The monoisotopic (exact) mass is 531 g/mol. The maximum atomic E-state index is 14.2. The maximum absolute atomic E-state index is 14.2. The number of carbonyl (C=O) groups is 1. The summed E-state index contributed by atoms with van der Waals surface area (Å²) in [5, 5.41) is 9.84. The van der Waals surface area contributed by atoms with Crippen molar-refractivity contribution in [3.63, 3.8) is 0 Å². The van der Waals surface area contributed by atoms with Crippen LogP contribution in [0.15, 0.2) is 29.3 Å². The first-order chi connectivity index (χ1) is 14.1. The summed E-state index contributed by atoms with van der Waals surface area (Å²) in [6, 6.07) is 7.41. The van der Waals surface area contributed by atoms with E-state index in [1.807, 2.05) is 12.1 Å². The van der Waals surface area contributed by atoms with Crippen LogP contribution in [0.1, 0.15) is 44.6 Å². The molecule has 0 unspecified atom stereocenters. The van der Waals surface area contributed by atoms with Gasteiger partial charge in [-0.1, -0.05) is 25.1 Å². The van der Waals surface area contributed by atoms with Gasteiger partial charge in [0.25, 0.3) is 0 Å². The lowest BCUT2D eigenvalue weighted by Crippen LogP contribution is -2.51. The number of likely N-dealkylation sites (tertiary alicyclic amines) is 1. The molecule has 2 aliphatic rings. The van der Waals surface area contributed by atoms with Crippen molar-refractivity contribution in [2.45, 2.75) is 50.5 Å². The zero-order valence-corrected chi connectivity index (χ0v) is 20.4. The second-order valence-corrected chi connectivity index (χ2v) is 8.23. The fraction of sp³-hybridized carbons (Fsp3) is 0.636. The molecule has 1 aliphatic heterocycles. The number of nitrogens with one attached hydrogen (secondary N) is 3. The molecule has 1 heterocycles. The van der Waals surface area contributed by atoms with E-state index in [0.29, 0.717) is 19.1 Å². The molecule has 3 N–H and O–H groups in total. The van der Waals surface area contributed by atoms with Crippen molar-refractivity contribution in [1.29, 1.82) is 0 Å². The van der Waals surface area contributed by atoms with Crippen LogP contribution in [0.3, 0.4) is 0 Å². The molecule has 168 valence electrons. The molecule has 1 aliphatic carbocycles. The predicted octanol–water partition coefficient (Wildman–Crippen LogP) is 2.63. The number of piperidine rings is 1. The van der Waals surface area contributed by atoms with E-state index in [9.17, 15) is 9.18 Å². The molecule has 0 aromatic heterocycles. The number of amides is 1. The largest absolute Gasteiger partial charge is 0.356 e. The topological polar surface area (TPSA) is 68.8 Å². The zero-order valence-electron chi connectivity index (χ0n) is 18.0. The summed E-state index contributed by atoms with van der Waals surface area (Å²) in [7, 11) is 1.77. The van der Waals surface area contributed by atoms with Crippen LogP contribution < -0.4 is 16.0 Å². The summed E-state index contributed by atoms with van der Waals surface area (Å²) >= 11 is 0. The number of halogens is 2. The Morgan fingerprint density at radius 1 is 1.23 bits per heavy atom. The number of nitrogens with zero attached hydrogens (tertiary/aromatic N) is 2. The number of benzene rings is 1. The molecule has 0 radical (unpaired) electrons. The molecular formula is C22H35FIN5O. The summed E-state index contributed by atoms with van der Waals surface area (Å²) in [6.07, 6.45) is 4.90.